The molecule has 2 heterocycles. The molecule has 0 spiro atoms. The Morgan fingerprint density at radius 2 is 1.96 bits per heavy atom. The third-order valence-electron chi connectivity index (χ3n) is 4.20. The Balaban J connectivity index is 1.61. The maximum atomic E-state index is 5.62. The lowest BCUT2D eigenvalue weighted by atomic mass is 9.87. The quantitative estimate of drug-likeness (QED) is 0.866. The van der Waals surface area contributed by atoms with Crippen molar-refractivity contribution in [3.63, 3.8) is 0 Å². The number of hydrogen-bond acceptors (Lipinski definition) is 5. The summed E-state index contributed by atoms with van der Waals surface area (Å²) in [6, 6.07) is 10.3. The fourth-order valence-corrected chi connectivity index (χ4v) is 2.72. The monoisotopic (exact) mass is 326 g/mol. The first-order valence-electron chi connectivity index (χ1n) is 8.57. The van der Waals surface area contributed by atoms with E-state index in [0.717, 1.165) is 37.5 Å². The molecule has 24 heavy (non-hydrogen) atoms. The molecule has 0 amide bonds. The summed E-state index contributed by atoms with van der Waals surface area (Å²) in [5.41, 5.74) is 2.45. The summed E-state index contributed by atoms with van der Waals surface area (Å²) < 4.78 is 5.62. The van der Waals surface area contributed by atoms with Crippen LogP contribution in [0.3, 0.4) is 0 Å². The Morgan fingerprint density at radius 3 is 2.62 bits per heavy atom. The second-order valence-electron chi connectivity index (χ2n) is 7.23. The molecule has 128 valence electrons. The van der Waals surface area contributed by atoms with Gasteiger partial charge < -0.3 is 15.4 Å². The lowest BCUT2D eigenvalue weighted by Gasteiger charge is -2.19. The van der Waals surface area contributed by atoms with Crippen molar-refractivity contribution < 1.29 is 4.74 Å². The molecule has 1 saturated heterocycles. The Bertz CT molecular complexity index is 658. The van der Waals surface area contributed by atoms with E-state index in [9.17, 15) is 0 Å². The second-order valence-corrected chi connectivity index (χ2v) is 7.23. The van der Waals surface area contributed by atoms with Gasteiger partial charge in [-0.2, -0.15) is 4.98 Å². The average Bonchev–Trinajstić information content (AvgIpc) is 3.06. The van der Waals surface area contributed by atoms with Gasteiger partial charge in [0.2, 0.25) is 5.95 Å². The van der Waals surface area contributed by atoms with Crippen molar-refractivity contribution in [3.8, 4) is 0 Å². The van der Waals surface area contributed by atoms with E-state index in [1.807, 2.05) is 6.07 Å². The zero-order valence-corrected chi connectivity index (χ0v) is 14.7. The fourth-order valence-electron chi connectivity index (χ4n) is 2.72. The average molecular weight is 326 g/mol. The topological polar surface area (TPSA) is 59.1 Å². The number of ether oxygens (including phenoxy) is 1. The molecule has 2 N–H and O–H groups in total. The van der Waals surface area contributed by atoms with E-state index < -0.39 is 0 Å². The van der Waals surface area contributed by atoms with E-state index in [2.05, 4.69) is 65.6 Å². The van der Waals surface area contributed by atoms with Crippen LogP contribution in [0.25, 0.3) is 0 Å². The summed E-state index contributed by atoms with van der Waals surface area (Å²) in [6.45, 7) is 8.29. The van der Waals surface area contributed by atoms with Crippen LogP contribution in [0.2, 0.25) is 0 Å². The summed E-state index contributed by atoms with van der Waals surface area (Å²) in [6.07, 6.45) is 4.31. The van der Waals surface area contributed by atoms with E-state index in [4.69, 9.17) is 4.74 Å². The first-order chi connectivity index (χ1) is 11.5. The molecule has 0 bridgehead atoms. The normalized spacial score (nSPS) is 17.7. The second kappa shape index (κ2) is 7.18. The third kappa shape index (κ3) is 4.45. The van der Waals surface area contributed by atoms with Gasteiger partial charge in [-0.05, 0) is 42.0 Å². The lowest BCUT2D eigenvalue weighted by molar-refractivity contribution is 0.120. The van der Waals surface area contributed by atoms with Crippen LogP contribution in [-0.4, -0.2) is 29.2 Å². The predicted molar refractivity (Wildman–Crippen MR) is 97.9 cm³/mol. The number of aromatic nitrogens is 2. The zero-order chi connectivity index (χ0) is 17.0. The van der Waals surface area contributed by atoms with Crippen molar-refractivity contribution in [2.75, 3.05) is 23.8 Å². The lowest BCUT2D eigenvalue weighted by Crippen LogP contribution is -2.19. The van der Waals surface area contributed by atoms with Crippen LogP contribution in [0.15, 0.2) is 36.5 Å². The van der Waals surface area contributed by atoms with Crippen molar-refractivity contribution in [2.24, 2.45) is 0 Å². The van der Waals surface area contributed by atoms with E-state index >= 15 is 0 Å². The number of anilines is 3. The number of nitrogens with one attached hydrogen (secondary N) is 2. The Morgan fingerprint density at radius 1 is 1.17 bits per heavy atom. The standard InChI is InChI=1S/C19H26N4O/c1-19(2,3)14-6-8-15(9-7-14)22-18-20-11-10-17(23-18)21-13-16-5-4-12-24-16/h6-11,16H,4-5,12-13H2,1-3H3,(H2,20,21,22,23). The van der Waals surface area contributed by atoms with Crippen molar-refractivity contribution >= 4 is 17.5 Å². The van der Waals surface area contributed by atoms with Gasteiger partial charge in [-0.15, -0.1) is 0 Å². The van der Waals surface area contributed by atoms with Crippen LogP contribution in [0, 0.1) is 0 Å². The van der Waals surface area contributed by atoms with Crippen molar-refractivity contribution in [1.29, 1.82) is 0 Å². The van der Waals surface area contributed by atoms with Gasteiger partial charge in [0.15, 0.2) is 0 Å². The van der Waals surface area contributed by atoms with Gasteiger partial charge in [0.25, 0.3) is 0 Å². The molecule has 5 nitrogen and oxygen atoms in total. The van der Waals surface area contributed by atoms with E-state index in [-0.39, 0.29) is 5.41 Å². The summed E-state index contributed by atoms with van der Waals surface area (Å²) in [7, 11) is 0. The third-order valence-corrected chi connectivity index (χ3v) is 4.20. The van der Waals surface area contributed by atoms with Gasteiger partial charge in [0, 0.05) is 25.0 Å². The number of hydrogen-bond donors (Lipinski definition) is 2. The summed E-state index contributed by atoms with van der Waals surface area (Å²) in [5, 5.41) is 6.58. The van der Waals surface area contributed by atoms with Crippen molar-refractivity contribution in [1.82, 2.24) is 9.97 Å². The highest BCUT2D eigenvalue weighted by Crippen LogP contribution is 2.24. The van der Waals surface area contributed by atoms with Crippen molar-refractivity contribution in [3.05, 3.63) is 42.1 Å². The largest absolute Gasteiger partial charge is 0.376 e. The molecule has 1 aromatic carbocycles. The molecule has 1 aromatic heterocycles. The van der Waals surface area contributed by atoms with Crippen LogP contribution in [0.5, 0.6) is 0 Å². The van der Waals surface area contributed by atoms with Crippen LogP contribution < -0.4 is 10.6 Å². The van der Waals surface area contributed by atoms with E-state index in [0.29, 0.717) is 12.1 Å². The molecule has 3 rings (SSSR count). The Labute approximate surface area is 143 Å². The van der Waals surface area contributed by atoms with E-state index in [1.54, 1.807) is 6.20 Å². The maximum Gasteiger partial charge on any atom is 0.229 e. The number of rotatable bonds is 5. The molecule has 1 aliphatic rings. The van der Waals surface area contributed by atoms with Gasteiger partial charge in [-0.3, -0.25) is 0 Å². The highest BCUT2D eigenvalue weighted by atomic mass is 16.5. The highest BCUT2D eigenvalue weighted by Gasteiger charge is 2.15. The van der Waals surface area contributed by atoms with Gasteiger partial charge >= 0.3 is 0 Å². The molecule has 1 fully saturated rings. The van der Waals surface area contributed by atoms with E-state index in [1.165, 1.54) is 5.56 Å². The SMILES string of the molecule is CC(C)(C)c1ccc(Nc2nccc(NCC3CCCO3)n2)cc1. The Kier molecular flexibility index (Phi) is 5.00. The minimum absolute atomic E-state index is 0.154. The minimum atomic E-state index is 0.154. The van der Waals surface area contributed by atoms with Crippen LogP contribution in [0.4, 0.5) is 17.5 Å². The first kappa shape index (κ1) is 16.7. The number of nitrogens with zero attached hydrogens (tertiary/aromatic N) is 2. The van der Waals surface area contributed by atoms with Crippen LogP contribution in [0.1, 0.15) is 39.2 Å². The van der Waals surface area contributed by atoms with Crippen molar-refractivity contribution in [2.45, 2.75) is 45.1 Å². The molecule has 1 unspecified atom stereocenters. The minimum Gasteiger partial charge on any atom is -0.376 e. The van der Waals surface area contributed by atoms with Crippen LogP contribution in [-0.2, 0) is 10.2 Å². The molecule has 1 aliphatic heterocycles. The highest BCUT2D eigenvalue weighted by molar-refractivity contribution is 5.55. The summed E-state index contributed by atoms with van der Waals surface area (Å²) >= 11 is 0. The molecule has 0 radical (unpaired) electrons. The van der Waals surface area contributed by atoms with Crippen LogP contribution >= 0.6 is 0 Å². The zero-order valence-electron chi connectivity index (χ0n) is 14.7. The summed E-state index contributed by atoms with van der Waals surface area (Å²) in [5.74, 6) is 1.41. The molecular formula is C19H26N4O. The van der Waals surface area contributed by atoms with Gasteiger partial charge in [-0.25, -0.2) is 4.98 Å². The maximum absolute atomic E-state index is 5.62. The Hall–Kier alpha value is -2.14. The molecule has 2 aromatic rings. The molecule has 1 atom stereocenters. The predicted octanol–water partition coefficient (Wildman–Crippen LogP) is 4.11. The van der Waals surface area contributed by atoms with Gasteiger partial charge in [0.05, 0.1) is 6.10 Å². The van der Waals surface area contributed by atoms with Gasteiger partial charge in [0.1, 0.15) is 5.82 Å². The molecule has 5 heteroatoms. The summed E-state index contributed by atoms with van der Waals surface area (Å²) in [4.78, 5) is 8.80. The number of benzene rings is 1. The smallest absolute Gasteiger partial charge is 0.229 e. The fraction of sp³-hybridized carbons (Fsp3) is 0.474. The molecule has 0 saturated carbocycles. The molecule has 0 aliphatic carbocycles. The molecular weight excluding hydrogens is 300 g/mol. The first-order valence-corrected chi connectivity index (χ1v) is 8.57. The van der Waals surface area contributed by atoms with Gasteiger partial charge in [-0.1, -0.05) is 32.9 Å².